The molecule has 3 aliphatic heterocycles. The number of hydrogen-bond donors (Lipinski definition) is 1. The number of nitrogens with one attached hydrogen (secondary N) is 1. The molecule has 2 atom stereocenters. The number of thiophene rings is 1. The number of oxazole rings is 1. The predicted molar refractivity (Wildman–Crippen MR) is 116 cm³/mol. The van der Waals surface area contributed by atoms with E-state index in [-0.39, 0.29) is 11.9 Å². The molecule has 3 aromatic rings. The van der Waals surface area contributed by atoms with Gasteiger partial charge in [-0.1, -0.05) is 40.3 Å². The Morgan fingerprint density at radius 3 is 2.89 bits per heavy atom. The second kappa shape index (κ2) is 7.02. The van der Waals surface area contributed by atoms with E-state index in [4.69, 9.17) is 16.0 Å². The number of rotatable bonds is 3. The Bertz CT molecular complexity index is 996. The highest BCUT2D eigenvalue weighted by atomic mass is 127. The molecule has 27 heavy (non-hydrogen) atoms. The fourth-order valence-electron chi connectivity index (χ4n) is 4.07. The number of halogens is 2. The van der Waals surface area contributed by atoms with Crippen LogP contribution in [0.3, 0.4) is 0 Å². The third-order valence-corrected chi connectivity index (χ3v) is 8.10. The van der Waals surface area contributed by atoms with Crippen LogP contribution in [0, 0.1) is 5.92 Å². The van der Waals surface area contributed by atoms with Gasteiger partial charge < -0.3 is 9.73 Å². The van der Waals surface area contributed by atoms with Crippen LogP contribution in [0.15, 0.2) is 34.1 Å². The zero-order valence-corrected chi connectivity index (χ0v) is 18.1. The van der Waals surface area contributed by atoms with Crippen LogP contribution >= 0.6 is 45.5 Å². The summed E-state index contributed by atoms with van der Waals surface area (Å²) in [5.41, 5.74) is 1.58. The summed E-state index contributed by atoms with van der Waals surface area (Å²) in [4.78, 5) is 21.1. The molecule has 1 aromatic carbocycles. The number of fused-ring (bicyclic) bond motifs is 4. The van der Waals surface area contributed by atoms with Crippen LogP contribution in [0.1, 0.15) is 23.2 Å². The average Bonchev–Trinajstić information content (AvgIpc) is 3.33. The zero-order chi connectivity index (χ0) is 18.5. The number of aromatic nitrogens is 1. The third kappa shape index (κ3) is 3.18. The van der Waals surface area contributed by atoms with E-state index < -0.39 is 0 Å². The largest absolute Gasteiger partial charge is 0.435 e. The Labute approximate surface area is 179 Å². The molecular weight excluding hydrogens is 497 g/mol. The van der Waals surface area contributed by atoms with Gasteiger partial charge in [-0.15, -0.1) is 11.3 Å². The van der Waals surface area contributed by atoms with E-state index in [0.717, 1.165) is 30.8 Å². The van der Waals surface area contributed by atoms with Crippen LogP contribution in [0.25, 0.3) is 21.9 Å². The van der Waals surface area contributed by atoms with Crippen LogP contribution in [0.4, 0.5) is 0 Å². The minimum absolute atomic E-state index is 0.131. The van der Waals surface area contributed by atoms with Crippen molar-refractivity contribution in [2.75, 3.05) is 13.1 Å². The van der Waals surface area contributed by atoms with Crippen molar-refractivity contribution in [2.24, 2.45) is 5.92 Å². The molecule has 2 unspecified atom stereocenters. The predicted octanol–water partition coefficient (Wildman–Crippen LogP) is 4.79. The molecule has 5 heterocycles. The lowest BCUT2D eigenvalue weighted by Gasteiger charge is -2.48. The first-order valence-corrected chi connectivity index (χ1v) is 11.4. The van der Waals surface area contributed by atoms with Gasteiger partial charge in [-0.25, -0.2) is 4.98 Å². The molecule has 3 saturated heterocycles. The molecule has 1 amide bonds. The summed E-state index contributed by atoms with van der Waals surface area (Å²) in [5.74, 6) is 0.925. The number of carbonyl (C=O) groups excluding carboxylic acids is 1. The summed E-state index contributed by atoms with van der Waals surface area (Å²) in [6, 6.07) is 7.45. The van der Waals surface area contributed by atoms with Crippen LogP contribution < -0.4 is 5.32 Å². The standard InChI is InChI=1S/C19H17ClIN3O2S/c20-11-8-12(16-13(9-11)26-19(23-16)14-2-1-7-27-14)18(25)22-15-10-3-5-24(6-4-10)17(15)21/h1-2,7-10,15,17H,3-6H2,(H,22,25). The summed E-state index contributed by atoms with van der Waals surface area (Å²) >= 11 is 10.3. The van der Waals surface area contributed by atoms with Gasteiger partial charge in [0.15, 0.2) is 5.58 Å². The summed E-state index contributed by atoms with van der Waals surface area (Å²) in [5, 5.41) is 5.70. The molecular formula is C19H17ClIN3O2S. The fraction of sp³-hybridized carbons (Fsp3) is 0.368. The first kappa shape index (κ1) is 17.9. The second-order valence-electron chi connectivity index (χ2n) is 7.04. The van der Waals surface area contributed by atoms with E-state index >= 15 is 0 Å². The van der Waals surface area contributed by atoms with Crippen LogP contribution in [-0.2, 0) is 0 Å². The van der Waals surface area contributed by atoms with Gasteiger partial charge in [0.25, 0.3) is 5.91 Å². The molecule has 1 N–H and O–H groups in total. The quantitative estimate of drug-likeness (QED) is 0.311. The van der Waals surface area contributed by atoms with Crippen molar-refractivity contribution in [1.29, 1.82) is 0 Å². The Kier molecular flexibility index (Phi) is 4.66. The van der Waals surface area contributed by atoms with E-state index in [1.165, 1.54) is 0 Å². The summed E-state index contributed by atoms with van der Waals surface area (Å²) in [6.07, 6.45) is 2.28. The van der Waals surface area contributed by atoms with Gasteiger partial charge in [-0.05, 0) is 49.4 Å². The number of carbonyl (C=O) groups is 1. The highest BCUT2D eigenvalue weighted by molar-refractivity contribution is 14.1. The maximum absolute atomic E-state index is 13.1. The average molecular weight is 514 g/mol. The highest BCUT2D eigenvalue weighted by Crippen LogP contribution is 2.36. The van der Waals surface area contributed by atoms with Crippen molar-refractivity contribution in [1.82, 2.24) is 15.2 Å². The Hall–Kier alpha value is -1.16. The maximum atomic E-state index is 13.1. The van der Waals surface area contributed by atoms with E-state index in [2.05, 4.69) is 37.8 Å². The first-order chi connectivity index (χ1) is 13.1. The van der Waals surface area contributed by atoms with Gasteiger partial charge in [0.2, 0.25) is 5.89 Å². The monoisotopic (exact) mass is 513 g/mol. The number of piperidine rings is 3. The number of amides is 1. The molecule has 3 fully saturated rings. The van der Waals surface area contributed by atoms with Crippen LogP contribution in [0.2, 0.25) is 5.02 Å². The van der Waals surface area contributed by atoms with Gasteiger partial charge in [0.1, 0.15) is 5.52 Å². The molecule has 8 heteroatoms. The minimum atomic E-state index is -0.131. The molecule has 0 saturated carbocycles. The minimum Gasteiger partial charge on any atom is -0.435 e. The lowest BCUT2D eigenvalue weighted by molar-refractivity contribution is 0.0554. The van der Waals surface area contributed by atoms with Crippen molar-refractivity contribution < 1.29 is 9.21 Å². The lowest BCUT2D eigenvalue weighted by atomic mass is 9.84. The van der Waals surface area contributed by atoms with Gasteiger partial charge in [0.05, 0.1) is 20.5 Å². The molecule has 2 aromatic heterocycles. The van der Waals surface area contributed by atoms with Crippen molar-refractivity contribution in [2.45, 2.75) is 22.9 Å². The SMILES string of the molecule is O=C(NC1C2CCN(CC2)C1I)c1cc(Cl)cc2oc(-c3cccs3)nc12. The van der Waals surface area contributed by atoms with Crippen LogP contribution in [0.5, 0.6) is 0 Å². The van der Waals surface area contributed by atoms with E-state index in [1.54, 1.807) is 23.5 Å². The third-order valence-electron chi connectivity index (χ3n) is 5.46. The normalized spacial score (nSPS) is 27.2. The van der Waals surface area contributed by atoms with E-state index in [9.17, 15) is 4.79 Å². The Morgan fingerprint density at radius 2 is 2.19 bits per heavy atom. The van der Waals surface area contributed by atoms with Gasteiger partial charge >= 0.3 is 0 Å². The lowest BCUT2D eigenvalue weighted by Crippen LogP contribution is -2.61. The van der Waals surface area contributed by atoms with E-state index in [0.29, 0.717) is 37.5 Å². The Balaban J connectivity index is 1.49. The highest BCUT2D eigenvalue weighted by Gasteiger charge is 2.41. The second-order valence-corrected chi connectivity index (χ2v) is 9.70. The molecule has 3 aliphatic rings. The van der Waals surface area contributed by atoms with Gasteiger partial charge in [-0.3, -0.25) is 9.69 Å². The molecule has 6 rings (SSSR count). The van der Waals surface area contributed by atoms with Gasteiger partial charge in [0, 0.05) is 11.1 Å². The topological polar surface area (TPSA) is 58.4 Å². The zero-order valence-electron chi connectivity index (χ0n) is 14.3. The van der Waals surface area contributed by atoms with Crippen LogP contribution in [-0.4, -0.2) is 39.0 Å². The van der Waals surface area contributed by atoms with Crippen molar-refractivity contribution in [3.05, 3.63) is 40.2 Å². The van der Waals surface area contributed by atoms with Crippen molar-refractivity contribution in [3.8, 4) is 10.8 Å². The summed E-state index contributed by atoms with van der Waals surface area (Å²) < 4.78 is 6.20. The van der Waals surface area contributed by atoms with Crippen molar-refractivity contribution >= 4 is 62.5 Å². The maximum Gasteiger partial charge on any atom is 0.253 e. The molecule has 140 valence electrons. The van der Waals surface area contributed by atoms with Gasteiger partial charge in [-0.2, -0.15) is 0 Å². The number of nitrogens with zero attached hydrogens (tertiary/aromatic N) is 2. The molecule has 0 spiro atoms. The van der Waals surface area contributed by atoms with Crippen molar-refractivity contribution in [3.63, 3.8) is 0 Å². The smallest absolute Gasteiger partial charge is 0.253 e. The summed E-state index contributed by atoms with van der Waals surface area (Å²) in [7, 11) is 0. The molecule has 5 nitrogen and oxygen atoms in total. The molecule has 0 aliphatic carbocycles. The number of hydrogen-bond acceptors (Lipinski definition) is 5. The fourth-order valence-corrected chi connectivity index (χ4v) is 6.25. The molecule has 0 radical (unpaired) electrons. The molecule has 2 bridgehead atoms. The number of benzene rings is 1. The summed E-state index contributed by atoms with van der Waals surface area (Å²) in [6.45, 7) is 2.25. The first-order valence-electron chi connectivity index (χ1n) is 8.93. The van der Waals surface area contributed by atoms with E-state index in [1.807, 2.05) is 17.5 Å². The number of alkyl halides is 1. The Morgan fingerprint density at radius 1 is 1.37 bits per heavy atom.